The van der Waals surface area contributed by atoms with Crippen LogP contribution in [0.2, 0.25) is 0 Å². The summed E-state index contributed by atoms with van der Waals surface area (Å²) in [5.74, 6) is -1.55. The molecule has 1 aliphatic heterocycles. The molecule has 2 aromatic heterocycles. The van der Waals surface area contributed by atoms with E-state index in [0.717, 1.165) is 18.5 Å². The van der Waals surface area contributed by atoms with E-state index in [9.17, 15) is 14.7 Å². The zero-order valence-electron chi connectivity index (χ0n) is 12.6. The van der Waals surface area contributed by atoms with Crippen molar-refractivity contribution in [3.05, 3.63) is 36.3 Å². The first-order valence-corrected chi connectivity index (χ1v) is 7.66. The van der Waals surface area contributed by atoms with Crippen LogP contribution in [0.4, 0.5) is 0 Å². The van der Waals surface area contributed by atoms with Crippen LogP contribution in [-0.4, -0.2) is 45.6 Å². The van der Waals surface area contributed by atoms with Crippen LogP contribution in [0.1, 0.15) is 18.5 Å². The molecule has 1 fully saturated rings. The SMILES string of the molecule is O=C(Cc1cn2ccccc2n1)NC(C(=O)O)C1CCCOC1. The standard InChI is InChI=1S/C16H19N3O4/c20-14(8-12-9-19-6-2-1-5-13(19)17-12)18-15(16(21)22)11-4-3-7-23-10-11/h1-2,5-6,9,11,15H,3-4,7-8,10H2,(H,18,20)(H,21,22). The number of carboxylic acid groups (broad SMARTS) is 1. The van der Waals surface area contributed by atoms with Crippen molar-refractivity contribution in [2.75, 3.05) is 13.2 Å². The van der Waals surface area contributed by atoms with Gasteiger partial charge in [-0.05, 0) is 25.0 Å². The lowest BCUT2D eigenvalue weighted by atomic mass is 9.93. The zero-order chi connectivity index (χ0) is 16.2. The predicted octanol–water partition coefficient (Wildman–Crippen LogP) is 0.873. The van der Waals surface area contributed by atoms with Crippen molar-refractivity contribution in [3.8, 4) is 0 Å². The van der Waals surface area contributed by atoms with Crippen molar-refractivity contribution < 1.29 is 19.4 Å². The summed E-state index contributed by atoms with van der Waals surface area (Å²) >= 11 is 0. The third-order valence-corrected chi connectivity index (χ3v) is 4.01. The van der Waals surface area contributed by atoms with Crippen molar-refractivity contribution in [2.45, 2.75) is 25.3 Å². The highest BCUT2D eigenvalue weighted by Crippen LogP contribution is 2.18. The minimum Gasteiger partial charge on any atom is -0.480 e. The van der Waals surface area contributed by atoms with Gasteiger partial charge in [0.1, 0.15) is 11.7 Å². The second-order valence-electron chi connectivity index (χ2n) is 5.74. The van der Waals surface area contributed by atoms with Crippen LogP contribution in [-0.2, 0) is 20.7 Å². The Hall–Kier alpha value is -2.41. The quantitative estimate of drug-likeness (QED) is 0.853. The van der Waals surface area contributed by atoms with Gasteiger partial charge >= 0.3 is 5.97 Å². The Labute approximate surface area is 133 Å². The Kier molecular flexibility index (Phi) is 4.57. The number of carbonyl (C=O) groups is 2. The molecule has 23 heavy (non-hydrogen) atoms. The number of amides is 1. The number of imidazole rings is 1. The zero-order valence-corrected chi connectivity index (χ0v) is 12.6. The largest absolute Gasteiger partial charge is 0.480 e. The fraction of sp³-hybridized carbons (Fsp3) is 0.438. The molecular weight excluding hydrogens is 298 g/mol. The molecule has 7 nitrogen and oxygen atoms in total. The topological polar surface area (TPSA) is 92.9 Å². The van der Waals surface area contributed by atoms with Gasteiger partial charge in [-0.1, -0.05) is 6.07 Å². The van der Waals surface area contributed by atoms with Crippen LogP contribution >= 0.6 is 0 Å². The molecule has 2 N–H and O–H groups in total. The molecule has 7 heteroatoms. The lowest BCUT2D eigenvalue weighted by Gasteiger charge is -2.28. The summed E-state index contributed by atoms with van der Waals surface area (Å²) in [6.07, 6.45) is 5.24. The van der Waals surface area contributed by atoms with E-state index in [4.69, 9.17) is 4.74 Å². The smallest absolute Gasteiger partial charge is 0.326 e. The van der Waals surface area contributed by atoms with E-state index in [0.29, 0.717) is 18.9 Å². The van der Waals surface area contributed by atoms with Crippen molar-refractivity contribution in [1.82, 2.24) is 14.7 Å². The number of hydrogen-bond acceptors (Lipinski definition) is 4. The number of aliphatic carboxylic acids is 1. The van der Waals surface area contributed by atoms with E-state index in [1.54, 1.807) is 6.20 Å². The predicted molar refractivity (Wildman–Crippen MR) is 82.0 cm³/mol. The summed E-state index contributed by atoms with van der Waals surface area (Å²) in [5.41, 5.74) is 1.36. The normalized spacial score (nSPS) is 19.4. The van der Waals surface area contributed by atoms with Crippen molar-refractivity contribution in [1.29, 1.82) is 0 Å². The Morgan fingerprint density at radius 2 is 2.35 bits per heavy atom. The van der Waals surface area contributed by atoms with Crippen LogP contribution in [0.3, 0.4) is 0 Å². The number of fused-ring (bicyclic) bond motifs is 1. The molecule has 1 amide bonds. The maximum absolute atomic E-state index is 12.2. The first-order valence-electron chi connectivity index (χ1n) is 7.66. The molecule has 3 rings (SSSR count). The monoisotopic (exact) mass is 317 g/mol. The van der Waals surface area contributed by atoms with Crippen LogP contribution in [0.25, 0.3) is 5.65 Å². The average Bonchev–Trinajstić information content (AvgIpc) is 2.95. The van der Waals surface area contributed by atoms with Crippen LogP contribution in [0.15, 0.2) is 30.6 Å². The molecule has 0 bridgehead atoms. The number of nitrogens with one attached hydrogen (secondary N) is 1. The van der Waals surface area contributed by atoms with Gasteiger partial charge in [0, 0.05) is 24.9 Å². The van der Waals surface area contributed by atoms with E-state index in [1.807, 2.05) is 28.8 Å². The van der Waals surface area contributed by atoms with Gasteiger partial charge in [-0.25, -0.2) is 9.78 Å². The fourth-order valence-corrected chi connectivity index (χ4v) is 2.87. The Morgan fingerprint density at radius 3 is 3.04 bits per heavy atom. The maximum Gasteiger partial charge on any atom is 0.326 e. The van der Waals surface area contributed by atoms with E-state index in [1.165, 1.54) is 0 Å². The molecule has 2 aromatic rings. The van der Waals surface area contributed by atoms with Crippen LogP contribution < -0.4 is 5.32 Å². The summed E-state index contributed by atoms with van der Waals surface area (Å²) in [6.45, 7) is 1.02. The Bertz CT molecular complexity index is 673. The van der Waals surface area contributed by atoms with Gasteiger partial charge in [0.05, 0.1) is 18.7 Å². The van der Waals surface area contributed by atoms with E-state index in [-0.39, 0.29) is 18.2 Å². The molecule has 0 saturated carbocycles. The van der Waals surface area contributed by atoms with Gasteiger partial charge in [-0.3, -0.25) is 4.79 Å². The van der Waals surface area contributed by atoms with Gasteiger partial charge < -0.3 is 19.6 Å². The number of nitrogens with zero attached hydrogens (tertiary/aromatic N) is 2. The van der Waals surface area contributed by atoms with E-state index in [2.05, 4.69) is 10.3 Å². The highest BCUT2D eigenvalue weighted by molar-refractivity contribution is 5.85. The molecule has 0 aromatic carbocycles. The first kappa shape index (κ1) is 15.5. The first-order chi connectivity index (χ1) is 11.1. The Balaban J connectivity index is 1.65. The third kappa shape index (κ3) is 3.68. The highest BCUT2D eigenvalue weighted by atomic mass is 16.5. The maximum atomic E-state index is 12.2. The molecule has 0 radical (unpaired) electrons. The van der Waals surface area contributed by atoms with Crippen LogP contribution in [0.5, 0.6) is 0 Å². The fourth-order valence-electron chi connectivity index (χ4n) is 2.87. The molecule has 1 saturated heterocycles. The number of pyridine rings is 1. The minimum absolute atomic E-state index is 0.0546. The molecule has 122 valence electrons. The number of aromatic nitrogens is 2. The molecule has 2 atom stereocenters. The van der Waals surface area contributed by atoms with Crippen molar-refractivity contribution >= 4 is 17.5 Å². The highest BCUT2D eigenvalue weighted by Gasteiger charge is 2.31. The molecular formula is C16H19N3O4. The van der Waals surface area contributed by atoms with Gasteiger partial charge in [-0.15, -0.1) is 0 Å². The second kappa shape index (κ2) is 6.78. The number of carbonyl (C=O) groups excluding carboxylic acids is 1. The van der Waals surface area contributed by atoms with Crippen LogP contribution in [0, 0.1) is 5.92 Å². The molecule has 2 unspecified atom stereocenters. The average molecular weight is 317 g/mol. The Morgan fingerprint density at radius 1 is 1.48 bits per heavy atom. The second-order valence-corrected chi connectivity index (χ2v) is 5.74. The molecule has 0 aliphatic carbocycles. The summed E-state index contributed by atoms with van der Waals surface area (Å²) < 4.78 is 7.15. The van der Waals surface area contributed by atoms with Crippen molar-refractivity contribution in [3.63, 3.8) is 0 Å². The lowest BCUT2D eigenvalue weighted by Crippen LogP contribution is -2.48. The number of carboxylic acids is 1. The van der Waals surface area contributed by atoms with Gasteiger partial charge in [0.2, 0.25) is 5.91 Å². The molecule has 1 aliphatic rings. The number of rotatable bonds is 5. The molecule has 3 heterocycles. The third-order valence-electron chi connectivity index (χ3n) is 4.01. The van der Waals surface area contributed by atoms with E-state index >= 15 is 0 Å². The summed E-state index contributed by atoms with van der Waals surface area (Å²) in [4.78, 5) is 28.0. The summed E-state index contributed by atoms with van der Waals surface area (Å²) in [6, 6.07) is 4.68. The summed E-state index contributed by atoms with van der Waals surface area (Å²) in [7, 11) is 0. The van der Waals surface area contributed by atoms with Crippen molar-refractivity contribution in [2.24, 2.45) is 5.92 Å². The van der Waals surface area contributed by atoms with E-state index < -0.39 is 12.0 Å². The van der Waals surface area contributed by atoms with Gasteiger partial charge in [0.25, 0.3) is 0 Å². The number of ether oxygens (including phenoxy) is 1. The molecule has 0 spiro atoms. The lowest BCUT2D eigenvalue weighted by molar-refractivity contribution is -0.145. The summed E-state index contributed by atoms with van der Waals surface area (Å²) in [5, 5.41) is 12.0. The minimum atomic E-state index is -1.02. The van der Waals surface area contributed by atoms with Gasteiger partial charge in [0.15, 0.2) is 0 Å². The van der Waals surface area contributed by atoms with Gasteiger partial charge in [-0.2, -0.15) is 0 Å². The number of hydrogen-bond donors (Lipinski definition) is 2.